The van der Waals surface area contributed by atoms with Crippen LogP contribution in [0.3, 0.4) is 0 Å². The second-order valence-corrected chi connectivity index (χ2v) is 7.66. The molecule has 1 aromatic carbocycles. The molecule has 3 aromatic rings. The number of hydrogen-bond acceptors (Lipinski definition) is 4. The van der Waals surface area contributed by atoms with Gasteiger partial charge in [0.25, 0.3) is 5.91 Å². The Morgan fingerprint density at radius 2 is 2.18 bits per heavy atom. The van der Waals surface area contributed by atoms with E-state index in [1.165, 1.54) is 17.7 Å². The van der Waals surface area contributed by atoms with Crippen molar-refractivity contribution in [2.45, 2.75) is 25.3 Å². The molecular formula is C20H18ClFN4O2. The minimum absolute atomic E-state index is 0.0786. The first-order valence-corrected chi connectivity index (χ1v) is 9.62. The number of carbonyl (C=O) groups excluding carboxylic acids is 1. The van der Waals surface area contributed by atoms with Crippen LogP contribution >= 0.6 is 11.6 Å². The fraction of sp³-hybridized carbons (Fsp3) is 0.350. The number of hydrogen-bond donors (Lipinski definition) is 1. The van der Waals surface area contributed by atoms with E-state index in [0.717, 1.165) is 11.3 Å². The van der Waals surface area contributed by atoms with Gasteiger partial charge in [0.1, 0.15) is 5.52 Å². The zero-order valence-corrected chi connectivity index (χ0v) is 16.0. The second kappa shape index (κ2) is 6.53. The van der Waals surface area contributed by atoms with E-state index in [4.69, 9.17) is 16.3 Å². The Balaban J connectivity index is 1.52. The predicted octanol–water partition coefficient (Wildman–Crippen LogP) is 3.62. The lowest BCUT2D eigenvalue weighted by molar-refractivity contribution is 0.00731. The SMILES string of the molecule is CC1c2c(C3COC3)ccnc2CCN1C(=O)c1nc2c(F)ccc(Cl)c2[nH]1. The lowest BCUT2D eigenvalue weighted by Gasteiger charge is -2.38. The van der Waals surface area contributed by atoms with Gasteiger partial charge in [-0.15, -0.1) is 0 Å². The maximum Gasteiger partial charge on any atom is 0.290 e. The minimum Gasteiger partial charge on any atom is -0.380 e. The molecule has 1 amide bonds. The van der Waals surface area contributed by atoms with Crippen molar-refractivity contribution in [3.8, 4) is 0 Å². The van der Waals surface area contributed by atoms with Crippen LogP contribution in [0.5, 0.6) is 0 Å². The molecule has 1 saturated heterocycles. The Bertz CT molecular complexity index is 1060. The minimum atomic E-state index is -0.511. The molecule has 1 atom stereocenters. The van der Waals surface area contributed by atoms with E-state index >= 15 is 0 Å². The van der Waals surface area contributed by atoms with Crippen LogP contribution in [-0.2, 0) is 11.2 Å². The molecular weight excluding hydrogens is 383 g/mol. The lowest BCUT2D eigenvalue weighted by atomic mass is 9.86. The summed E-state index contributed by atoms with van der Waals surface area (Å²) in [6, 6.07) is 4.56. The van der Waals surface area contributed by atoms with Gasteiger partial charge in [0.15, 0.2) is 11.6 Å². The maximum atomic E-state index is 14.1. The number of amides is 1. The summed E-state index contributed by atoms with van der Waals surface area (Å²) in [5.74, 6) is -0.351. The number of aromatic amines is 1. The van der Waals surface area contributed by atoms with Crippen LogP contribution < -0.4 is 0 Å². The third kappa shape index (κ3) is 2.61. The van der Waals surface area contributed by atoms with Crippen molar-refractivity contribution < 1.29 is 13.9 Å². The summed E-state index contributed by atoms with van der Waals surface area (Å²) in [5, 5.41) is 0.330. The number of imidazole rings is 1. The molecule has 1 N–H and O–H groups in total. The largest absolute Gasteiger partial charge is 0.380 e. The molecule has 0 saturated carbocycles. The zero-order chi connectivity index (χ0) is 19.4. The third-order valence-electron chi connectivity index (χ3n) is 5.67. The number of aromatic nitrogens is 3. The molecule has 1 fully saturated rings. The van der Waals surface area contributed by atoms with Crippen molar-refractivity contribution in [3.05, 3.63) is 57.9 Å². The molecule has 2 aromatic heterocycles. The molecule has 1 unspecified atom stereocenters. The van der Waals surface area contributed by atoms with Crippen molar-refractivity contribution in [2.75, 3.05) is 19.8 Å². The van der Waals surface area contributed by atoms with Gasteiger partial charge in [-0.05, 0) is 36.2 Å². The second-order valence-electron chi connectivity index (χ2n) is 7.26. The summed E-state index contributed by atoms with van der Waals surface area (Å²) in [4.78, 5) is 26.6. The van der Waals surface area contributed by atoms with Crippen LogP contribution in [0.4, 0.5) is 4.39 Å². The standard InChI is InChI=1S/C20H18ClFN4O2/c1-10-16-12(11-8-28-9-11)4-6-23-15(16)5-7-26(10)20(27)19-24-17-13(21)2-3-14(22)18(17)25-19/h2-4,6,10-11H,5,7-9H2,1H3,(H,24,25). The Labute approximate surface area is 165 Å². The Hall–Kier alpha value is -2.51. The van der Waals surface area contributed by atoms with Crippen molar-refractivity contribution >= 4 is 28.5 Å². The summed E-state index contributed by atoms with van der Waals surface area (Å²) in [6.07, 6.45) is 2.50. The number of H-pyrrole nitrogens is 1. The number of pyridine rings is 1. The summed E-state index contributed by atoms with van der Waals surface area (Å²) < 4.78 is 19.4. The first-order valence-electron chi connectivity index (χ1n) is 9.24. The van der Waals surface area contributed by atoms with Gasteiger partial charge < -0.3 is 14.6 Å². The number of nitrogens with zero attached hydrogens (tertiary/aromatic N) is 3. The third-order valence-corrected chi connectivity index (χ3v) is 5.98. The molecule has 0 aliphatic carbocycles. The Morgan fingerprint density at radius 3 is 2.89 bits per heavy atom. The summed E-state index contributed by atoms with van der Waals surface area (Å²) in [6.45, 7) is 3.91. The molecule has 2 aliphatic rings. The summed E-state index contributed by atoms with van der Waals surface area (Å²) >= 11 is 6.12. The van der Waals surface area contributed by atoms with E-state index in [1.54, 1.807) is 4.90 Å². The van der Waals surface area contributed by atoms with E-state index in [9.17, 15) is 9.18 Å². The number of ether oxygens (including phenoxy) is 1. The molecule has 28 heavy (non-hydrogen) atoms. The number of nitrogens with one attached hydrogen (secondary N) is 1. The molecule has 0 bridgehead atoms. The van der Waals surface area contributed by atoms with Gasteiger partial charge in [0.05, 0.1) is 29.8 Å². The molecule has 0 radical (unpaired) electrons. The predicted molar refractivity (Wildman–Crippen MR) is 102 cm³/mol. The fourth-order valence-corrected chi connectivity index (χ4v) is 4.30. The van der Waals surface area contributed by atoms with E-state index in [2.05, 4.69) is 15.0 Å². The highest BCUT2D eigenvalue weighted by molar-refractivity contribution is 6.35. The van der Waals surface area contributed by atoms with Gasteiger partial charge in [-0.3, -0.25) is 9.78 Å². The first kappa shape index (κ1) is 17.6. The van der Waals surface area contributed by atoms with Crippen LogP contribution in [0, 0.1) is 5.82 Å². The molecule has 2 aliphatic heterocycles. The molecule has 0 spiro atoms. The summed E-state index contributed by atoms with van der Waals surface area (Å²) in [5.41, 5.74) is 3.73. The zero-order valence-electron chi connectivity index (χ0n) is 15.2. The molecule has 8 heteroatoms. The van der Waals surface area contributed by atoms with Crippen molar-refractivity contribution in [3.63, 3.8) is 0 Å². The van der Waals surface area contributed by atoms with Gasteiger partial charge in [-0.25, -0.2) is 9.37 Å². The summed E-state index contributed by atoms with van der Waals surface area (Å²) in [7, 11) is 0. The topological polar surface area (TPSA) is 71.1 Å². The van der Waals surface area contributed by atoms with Crippen molar-refractivity contribution in [2.24, 2.45) is 0 Å². The average Bonchev–Trinajstić information content (AvgIpc) is 3.10. The maximum absolute atomic E-state index is 14.1. The van der Waals surface area contributed by atoms with Crippen LogP contribution in [0.25, 0.3) is 11.0 Å². The van der Waals surface area contributed by atoms with Gasteiger partial charge in [0, 0.05) is 30.8 Å². The number of fused-ring (bicyclic) bond motifs is 2. The molecule has 6 nitrogen and oxygen atoms in total. The van der Waals surface area contributed by atoms with E-state index in [0.29, 0.717) is 42.6 Å². The van der Waals surface area contributed by atoms with Crippen LogP contribution in [0.15, 0.2) is 24.4 Å². The van der Waals surface area contributed by atoms with E-state index in [-0.39, 0.29) is 23.3 Å². The smallest absolute Gasteiger partial charge is 0.290 e. The van der Waals surface area contributed by atoms with Crippen LogP contribution in [0.2, 0.25) is 5.02 Å². The first-order chi connectivity index (χ1) is 13.5. The normalized spacial score (nSPS) is 19.5. The van der Waals surface area contributed by atoms with Crippen LogP contribution in [-0.4, -0.2) is 45.5 Å². The van der Waals surface area contributed by atoms with Gasteiger partial charge in [-0.1, -0.05) is 11.6 Å². The molecule has 4 heterocycles. The van der Waals surface area contributed by atoms with Gasteiger partial charge >= 0.3 is 0 Å². The highest BCUT2D eigenvalue weighted by Crippen LogP contribution is 2.37. The van der Waals surface area contributed by atoms with Crippen LogP contribution in [0.1, 0.15) is 46.3 Å². The number of rotatable bonds is 2. The number of benzene rings is 1. The van der Waals surface area contributed by atoms with Crippen molar-refractivity contribution in [1.82, 2.24) is 19.9 Å². The monoisotopic (exact) mass is 400 g/mol. The highest BCUT2D eigenvalue weighted by atomic mass is 35.5. The highest BCUT2D eigenvalue weighted by Gasteiger charge is 2.35. The van der Waals surface area contributed by atoms with Gasteiger partial charge in [-0.2, -0.15) is 0 Å². The van der Waals surface area contributed by atoms with Crippen molar-refractivity contribution in [1.29, 1.82) is 0 Å². The molecule has 144 valence electrons. The van der Waals surface area contributed by atoms with E-state index in [1.807, 2.05) is 19.2 Å². The number of halogens is 2. The quantitative estimate of drug-likeness (QED) is 0.713. The number of carbonyl (C=O) groups is 1. The molecule has 5 rings (SSSR count). The lowest BCUT2D eigenvalue weighted by Crippen LogP contribution is -2.41. The van der Waals surface area contributed by atoms with E-state index < -0.39 is 5.82 Å². The average molecular weight is 401 g/mol. The fourth-order valence-electron chi connectivity index (χ4n) is 4.10. The van der Waals surface area contributed by atoms with Gasteiger partial charge in [0.2, 0.25) is 0 Å². The Kier molecular flexibility index (Phi) is 4.10. The Morgan fingerprint density at radius 1 is 1.36 bits per heavy atom.